The van der Waals surface area contributed by atoms with Crippen LogP contribution in [0.3, 0.4) is 0 Å². The molecule has 1 fully saturated rings. The average Bonchev–Trinajstić information content (AvgIpc) is 2.83. The molecule has 5 nitrogen and oxygen atoms in total. The second kappa shape index (κ2) is 5.91. The van der Waals surface area contributed by atoms with Crippen LogP contribution in [0.5, 0.6) is 0 Å². The lowest BCUT2D eigenvalue weighted by Gasteiger charge is -2.39. The molecule has 0 radical (unpaired) electrons. The largest absolute Gasteiger partial charge is 0.342 e. The van der Waals surface area contributed by atoms with Gasteiger partial charge in [-0.25, -0.2) is 4.98 Å². The molecule has 1 N–H and O–H groups in total. The van der Waals surface area contributed by atoms with E-state index in [1.54, 1.807) is 17.3 Å². The zero-order chi connectivity index (χ0) is 14.9. The van der Waals surface area contributed by atoms with Crippen molar-refractivity contribution in [2.24, 2.45) is 5.92 Å². The quantitative estimate of drug-likeness (QED) is 0.920. The van der Waals surface area contributed by atoms with Gasteiger partial charge in [0, 0.05) is 4.88 Å². The highest BCUT2D eigenvalue weighted by Gasteiger charge is 2.40. The number of carbonyl (C=O) groups is 2. The van der Waals surface area contributed by atoms with Gasteiger partial charge in [0.2, 0.25) is 11.8 Å². The van der Waals surface area contributed by atoms with Crippen LogP contribution in [0, 0.1) is 12.8 Å². The van der Waals surface area contributed by atoms with E-state index in [9.17, 15) is 9.59 Å². The minimum atomic E-state index is -0.427. The number of thiazole rings is 1. The Hall–Kier alpha value is -1.43. The monoisotopic (exact) mass is 295 g/mol. The van der Waals surface area contributed by atoms with Gasteiger partial charge in [0.05, 0.1) is 17.7 Å². The topological polar surface area (TPSA) is 62.3 Å². The maximum atomic E-state index is 12.6. The molecule has 2 rings (SSSR count). The lowest BCUT2D eigenvalue weighted by atomic mass is 9.94. The summed E-state index contributed by atoms with van der Waals surface area (Å²) in [5.74, 6) is 0.0836. The van der Waals surface area contributed by atoms with Gasteiger partial charge in [0.15, 0.2) is 0 Å². The Morgan fingerprint density at radius 2 is 2.20 bits per heavy atom. The summed E-state index contributed by atoms with van der Waals surface area (Å²) in [6.45, 7) is 8.19. The summed E-state index contributed by atoms with van der Waals surface area (Å²) in [6, 6.07) is -0.832. The Morgan fingerprint density at radius 1 is 1.50 bits per heavy atom. The number of nitrogens with one attached hydrogen (secondary N) is 1. The number of aryl methyl sites for hydroxylation is 1. The number of rotatable bonds is 4. The van der Waals surface area contributed by atoms with Crippen LogP contribution in [0.2, 0.25) is 0 Å². The van der Waals surface area contributed by atoms with Crippen LogP contribution in [0.4, 0.5) is 0 Å². The predicted molar refractivity (Wildman–Crippen MR) is 78.2 cm³/mol. The second-order valence-electron chi connectivity index (χ2n) is 5.37. The third-order valence-electron chi connectivity index (χ3n) is 4.07. The van der Waals surface area contributed by atoms with Crippen molar-refractivity contribution < 1.29 is 9.59 Å². The molecule has 2 amide bonds. The van der Waals surface area contributed by atoms with Gasteiger partial charge in [-0.1, -0.05) is 20.3 Å². The first-order chi connectivity index (χ1) is 9.45. The number of piperazine rings is 1. The maximum absolute atomic E-state index is 12.6. The molecule has 20 heavy (non-hydrogen) atoms. The summed E-state index contributed by atoms with van der Waals surface area (Å²) < 4.78 is 0. The van der Waals surface area contributed by atoms with Crippen molar-refractivity contribution in [3.05, 3.63) is 16.1 Å². The van der Waals surface area contributed by atoms with Gasteiger partial charge < -0.3 is 10.2 Å². The summed E-state index contributed by atoms with van der Waals surface area (Å²) in [5.41, 5.74) is 2.71. The number of carbonyl (C=O) groups excluding carboxylic acids is 2. The molecule has 0 spiro atoms. The third kappa shape index (κ3) is 2.70. The van der Waals surface area contributed by atoms with Crippen LogP contribution in [-0.2, 0) is 16.1 Å². The van der Waals surface area contributed by atoms with Crippen molar-refractivity contribution in [1.82, 2.24) is 15.2 Å². The minimum absolute atomic E-state index is 0.0132. The fourth-order valence-corrected chi connectivity index (χ4v) is 3.09. The van der Waals surface area contributed by atoms with E-state index in [-0.39, 0.29) is 17.7 Å². The minimum Gasteiger partial charge on any atom is -0.342 e. The molecule has 3 unspecified atom stereocenters. The molecule has 1 saturated heterocycles. The van der Waals surface area contributed by atoms with Gasteiger partial charge in [-0.05, 0) is 19.8 Å². The van der Waals surface area contributed by atoms with Crippen molar-refractivity contribution >= 4 is 23.2 Å². The van der Waals surface area contributed by atoms with Gasteiger partial charge in [-0.3, -0.25) is 9.59 Å². The number of nitrogens with zero attached hydrogens (tertiary/aromatic N) is 2. The summed E-state index contributed by atoms with van der Waals surface area (Å²) in [7, 11) is 0. The molecule has 1 aromatic heterocycles. The van der Waals surface area contributed by atoms with E-state index in [0.717, 1.165) is 17.0 Å². The summed E-state index contributed by atoms with van der Waals surface area (Å²) in [6.07, 6.45) is 0.860. The SMILES string of the molecule is CCC(C)C1NC(=O)C(C)N(Cc2scnc2C)C1=O. The molecule has 1 aliphatic rings. The van der Waals surface area contributed by atoms with E-state index < -0.39 is 12.1 Å². The Labute approximate surface area is 123 Å². The Bertz CT molecular complexity index is 514. The zero-order valence-corrected chi connectivity index (χ0v) is 13.2. The van der Waals surface area contributed by atoms with E-state index in [2.05, 4.69) is 10.3 Å². The molecule has 110 valence electrons. The van der Waals surface area contributed by atoms with Crippen LogP contribution < -0.4 is 5.32 Å². The molecular weight excluding hydrogens is 274 g/mol. The summed E-state index contributed by atoms with van der Waals surface area (Å²) >= 11 is 1.53. The van der Waals surface area contributed by atoms with Gasteiger partial charge in [-0.15, -0.1) is 11.3 Å². The number of aromatic nitrogens is 1. The van der Waals surface area contributed by atoms with Crippen molar-refractivity contribution in [1.29, 1.82) is 0 Å². The number of amides is 2. The van der Waals surface area contributed by atoms with E-state index >= 15 is 0 Å². The predicted octanol–water partition coefficient (Wildman–Crippen LogP) is 1.71. The average molecular weight is 295 g/mol. The van der Waals surface area contributed by atoms with Gasteiger partial charge in [-0.2, -0.15) is 0 Å². The molecule has 0 bridgehead atoms. The van der Waals surface area contributed by atoms with Gasteiger partial charge in [0.25, 0.3) is 0 Å². The van der Waals surface area contributed by atoms with Crippen LogP contribution in [0.1, 0.15) is 37.8 Å². The van der Waals surface area contributed by atoms with Crippen LogP contribution >= 0.6 is 11.3 Å². The molecule has 1 aliphatic heterocycles. The number of hydrogen-bond donors (Lipinski definition) is 1. The lowest BCUT2D eigenvalue weighted by molar-refractivity contribution is -0.150. The molecule has 6 heteroatoms. The number of hydrogen-bond acceptors (Lipinski definition) is 4. The van der Waals surface area contributed by atoms with E-state index in [0.29, 0.717) is 6.54 Å². The third-order valence-corrected chi connectivity index (χ3v) is 4.99. The lowest BCUT2D eigenvalue weighted by Crippen LogP contribution is -2.63. The molecule has 0 saturated carbocycles. The Kier molecular flexibility index (Phi) is 4.42. The first-order valence-corrected chi connectivity index (χ1v) is 7.83. The van der Waals surface area contributed by atoms with E-state index in [4.69, 9.17) is 0 Å². The molecule has 0 aliphatic carbocycles. The van der Waals surface area contributed by atoms with E-state index in [1.807, 2.05) is 20.8 Å². The first-order valence-electron chi connectivity index (χ1n) is 6.95. The Balaban J connectivity index is 2.22. The van der Waals surface area contributed by atoms with Crippen molar-refractivity contribution in [2.75, 3.05) is 0 Å². The molecule has 0 aromatic carbocycles. The molecule has 1 aromatic rings. The normalized spacial score (nSPS) is 24.7. The molecule has 2 heterocycles. The smallest absolute Gasteiger partial charge is 0.246 e. The highest BCUT2D eigenvalue weighted by atomic mass is 32.1. The van der Waals surface area contributed by atoms with Crippen LogP contribution in [-0.4, -0.2) is 33.8 Å². The second-order valence-corrected chi connectivity index (χ2v) is 6.31. The fourth-order valence-electron chi connectivity index (χ4n) is 2.32. The van der Waals surface area contributed by atoms with Gasteiger partial charge in [0.1, 0.15) is 12.1 Å². The van der Waals surface area contributed by atoms with Crippen molar-refractivity contribution in [3.8, 4) is 0 Å². The highest BCUT2D eigenvalue weighted by Crippen LogP contribution is 2.22. The summed E-state index contributed by atoms with van der Waals surface area (Å²) in [4.78, 5) is 31.6. The maximum Gasteiger partial charge on any atom is 0.246 e. The van der Waals surface area contributed by atoms with Crippen molar-refractivity contribution in [2.45, 2.75) is 52.7 Å². The van der Waals surface area contributed by atoms with Crippen LogP contribution in [0.25, 0.3) is 0 Å². The van der Waals surface area contributed by atoms with Gasteiger partial charge >= 0.3 is 0 Å². The molecular formula is C14H21N3O2S. The first kappa shape index (κ1) is 15.0. The van der Waals surface area contributed by atoms with E-state index in [1.165, 1.54) is 11.3 Å². The molecule has 3 atom stereocenters. The Morgan fingerprint density at radius 3 is 2.75 bits per heavy atom. The van der Waals surface area contributed by atoms with Crippen molar-refractivity contribution in [3.63, 3.8) is 0 Å². The standard InChI is InChI=1S/C14H21N3O2S/c1-5-8(2)12-14(19)17(10(4)13(18)16-12)6-11-9(3)15-7-20-11/h7-8,10,12H,5-6H2,1-4H3,(H,16,18). The fraction of sp³-hybridized carbons (Fsp3) is 0.643. The zero-order valence-electron chi connectivity index (χ0n) is 12.3. The summed E-state index contributed by atoms with van der Waals surface area (Å²) in [5, 5.41) is 2.85. The highest BCUT2D eigenvalue weighted by molar-refractivity contribution is 7.09. The van der Waals surface area contributed by atoms with Crippen LogP contribution in [0.15, 0.2) is 5.51 Å².